The Hall–Kier alpha value is -2.66. The third-order valence-electron chi connectivity index (χ3n) is 3.63. The molecule has 0 fully saturated rings. The monoisotopic (exact) mass is 329 g/mol. The van der Waals surface area contributed by atoms with E-state index in [1.807, 2.05) is 19.1 Å². The minimum absolute atomic E-state index is 0.116. The molecule has 1 aromatic heterocycles. The van der Waals surface area contributed by atoms with E-state index in [1.54, 1.807) is 6.07 Å². The molecule has 23 heavy (non-hydrogen) atoms. The van der Waals surface area contributed by atoms with Gasteiger partial charge in [0.2, 0.25) is 0 Å². The van der Waals surface area contributed by atoms with Crippen LogP contribution in [-0.2, 0) is 6.42 Å². The van der Waals surface area contributed by atoms with Gasteiger partial charge in [0.05, 0.1) is 15.3 Å². The van der Waals surface area contributed by atoms with Crippen LogP contribution in [0, 0.1) is 10.1 Å². The van der Waals surface area contributed by atoms with E-state index in [0.29, 0.717) is 16.5 Å². The molecule has 0 N–H and O–H groups in total. The molecule has 116 valence electrons. The maximum Gasteiger partial charge on any atom is 0.270 e. The second kappa shape index (κ2) is 5.85. The summed E-state index contributed by atoms with van der Waals surface area (Å²) in [5, 5.41) is 11.4. The van der Waals surface area contributed by atoms with Gasteiger partial charge in [0.1, 0.15) is 11.3 Å². The summed E-state index contributed by atoms with van der Waals surface area (Å²) in [7, 11) is 0. The fourth-order valence-corrected chi connectivity index (χ4v) is 2.64. The summed E-state index contributed by atoms with van der Waals surface area (Å²) in [6.07, 6.45) is 0.825. The average Bonchev–Trinajstić information content (AvgIpc) is 2.54. The largest absolute Gasteiger partial charge is 0.456 e. The van der Waals surface area contributed by atoms with Crippen LogP contribution in [0.25, 0.3) is 22.3 Å². The molecule has 5 nitrogen and oxygen atoms in total. The minimum atomic E-state index is -0.529. The second-order valence-electron chi connectivity index (χ2n) is 5.08. The molecule has 0 saturated carbocycles. The normalized spacial score (nSPS) is 10.9. The molecule has 0 unspecified atom stereocenters. The van der Waals surface area contributed by atoms with Gasteiger partial charge in [-0.15, -0.1) is 0 Å². The van der Waals surface area contributed by atoms with Gasteiger partial charge < -0.3 is 4.42 Å². The smallest absolute Gasteiger partial charge is 0.270 e. The molecule has 3 aromatic rings. The van der Waals surface area contributed by atoms with Crippen LogP contribution >= 0.6 is 11.6 Å². The summed E-state index contributed by atoms with van der Waals surface area (Å²) in [5.41, 5.74) is 1.65. The van der Waals surface area contributed by atoms with E-state index in [0.717, 1.165) is 12.0 Å². The van der Waals surface area contributed by atoms with Crippen LogP contribution < -0.4 is 5.43 Å². The van der Waals surface area contributed by atoms with Crippen molar-refractivity contribution in [2.24, 2.45) is 0 Å². The summed E-state index contributed by atoms with van der Waals surface area (Å²) in [4.78, 5) is 22.6. The van der Waals surface area contributed by atoms with Crippen molar-refractivity contribution in [3.63, 3.8) is 0 Å². The number of hydrogen-bond donors (Lipinski definition) is 0. The van der Waals surface area contributed by atoms with Crippen molar-refractivity contribution in [2.45, 2.75) is 13.3 Å². The Kier molecular flexibility index (Phi) is 3.88. The number of non-ortho nitro benzene ring substituents is 1. The molecular weight excluding hydrogens is 318 g/mol. The molecule has 0 atom stereocenters. The van der Waals surface area contributed by atoms with Gasteiger partial charge in [0.15, 0.2) is 5.43 Å². The number of nitro benzene ring substituents is 1. The molecule has 0 spiro atoms. The topological polar surface area (TPSA) is 73.3 Å². The Labute approximate surface area is 136 Å². The molecule has 0 radical (unpaired) electrons. The van der Waals surface area contributed by atoms with Gasteiger partial charge in [-0.25, -0.2) is 0 Å². The molecule has 3 rings (SSSR count). The zero-order valence-electron chi connectivity index (χ0n) is 12.2. The zero-order valence-corrected chi connectivity index (χ0v) is 13.0. The Morgan fingerprint density at radius 2 is 1.96 bits per heavy atom. The summed E-state index contributed by atoms with van der Waals surface area (Å²) in [5.74, 6) is 0.284. The SMILES string of the molecule is CCc1ccc2oc(-c3ccc([N+](=O)[O-])cc3Cl)cc(=O)c2c1. The van der Waals surface area contributed by atoms with Crippen LogP contribution in [0.4, 0.5) is 5.69 Å². The average molecular weight is 330 g/mol. The molecule has 1 heterocycles. The van der Waals surface area contributed by atoms with Crippen LogP contribution in [0.3, 0.4) is 0 Å². The first-order valence-electron chi connectivity index (χ1n) is 7.00. The maximum atomic E-state index is 12.3. The van der Waals surface area contributed by atoms with E-state index in [2.05, 4.69) is 0 Å². The predicted molar refractivity (Wildman–Crippen MR) is 89.0 cm³/mol. The lowest BCUT2D eigenvalue weighted by Gasteiger charge is -2.06. The number of halogens is 1. The van der Waals surface area contributed by atoms with E-state index in [4.69, 9.17) is 16.0 Å². The summed E-state index contributed by atoms with van der Waals surface area (Å²) in [6.45, 7) is 2.01. The van der Waals surface area contributed by atoms with Crippen molar-refractivity contribution in [3.05, 3.63) is 73.4 Å². The predicted octanol–water partition coefficient (Wildman–Crippen LogP) is 4.58. The first-order chi connectivity index (χ1) is 11.0. The molecule has 0 saturated heterocycles. The standard InChI is InChI=1S/C17H12ClNO4/c1-2-10-3-6-16-13(7-10)15(20)9-17(23-16)12-5-4-11(19(21)22)8-14(12)18/h3-9H,2H2,1H3. The number of fused-ring (bicyclic) bond motifs is 1. The summed E-state index contributed by atoms with van der Waals surface area (Å²) in [6, 6.07) is 10.8. The van der Waals surface area contributed by atoms with Crippen molar-refractivity contribution >= 4 is 28.3 Å². The number of rotatable bonds is 3. The van der Waals surface area contributed by atoms with E-state index >= 15 is 0 Å². The molecule has 0 aliphatic carbocycles. The van der Waals surface area contributed by atoms with Gasteiger partial charge in [-0.1, -0.05) is 24.6 Å². The van der Waals surface area contributed by atoms with Gasteiger partial charge in [0.25, 0.3) is 5.69 Å². The second-order valence-corrected chi connectivity index (χ2v) is 5.49. The lowest BCUT2D eigenvalue weighted by atomic mass is 10.1. The molecule has 6 heteroatoms. The van der Waals surface area contributed by atoms with Crippen LogP contribution in [0.15, 0.2) is 51.7 Å². The van der Waals surface area contributed by atoms with Crippen molar-refractivity contribution < 1.29 is 9.34 Å². The van der Waals surface area contributed by atoms with Crippen LogP contribution in [0.1, 0.15) is 12.5 Å². The minimum Gasteiger partial charge on any atom is -0.456 e. The number of benzene rings is 2. The summed E-state index contributed by atoms with van der Waals surface area (Å²) < 4.78 is 5.76. The van der Waals surface area contributed by atoms with Crippen molar-refractivity contribution in [1.29, 1.82) is 0 Å². The number of hydrogen-bond acceptors (Lipinski definition) is 4. The van der Waals surface area contributed by atoms with Crippen molar-refractivity contribution in [2.75, 3.05) is 0 Å². The fourth-order valence-electron chi connectivity index (χ4n) is 2.37. The maximum absolute atomic E-state index is 12.3. The third kappa shape index (κ3) is 2.83. The quantitative estimate of drug-likeness (QED) is 0.520. The van der Waals surface area contributed by atoms with Crippen LogP contribution in [0.2, 0.25) is 5.02 Å². The van der Waals surface area contributed by atoms with E-state index in [1.165, 1.54) is 24.3 Å². The Balaban J connectivity index is 2.18. The molecule has 0 bridgehead atoms. The Morgan fingerprint density at radius 3 is 2.61 bits per heavy atom. The van der Waals surface area contributed by atoms with E-state index in [-0.39, 0.29) is 21.9 Å². The molecule has 0 aliphatic rings. The third-order valence-corrected chi connectivity index (χ3v) is 3.94. The van der Waals surface area contributed by atoms with Gasteiger partial charge >= 0.3 is 0 Å². The van der Waals surface area contributed by atoms with Crippen LogP contribution in [0.5, 0.6) is 0 Å². The first-order valence-corrected chi connectivity index (χ1v) is 7.38. The van der Waals surface area contributed by atoms with Crippen molar-refractivity contribution in [3.8, 4) is 11.3 Å². The number of nitro groups is 1. The molecular formula is C17H12ClNO4. The number of aryl methyl sites for hydroxylation is 1. The lowest BCUT2D eigenvalue weighted by molar-refractivity contribution is -0.384. The highest BCUT2D eigenvalue weighted by Crippen LogP contribution is 2.31. The summed E-state index contributed by atoms with van der Waals surface area (Å²) >= 11 is 6.09. The molecule has 0 amide bonds. The zero-order chi connectivity index (χ0) is 16.6. The van der Waals surface area contributed by atoms with Gasteiger partial charge in [-0.2, -0.15) is 0 Å². The van der Waals surface area contributed by atoms with Crippen LogP contribution in [-0.4, -0.2) is 4.92 Å². The fraction of sp³-hybridized carbons (Fsp3) is 0.118. The Morgan fingerprint density at radius 1 is 1.17 bits per heavy atom. The van der Waals surface area contributed by atoms with Gasteiger partial charge in [0, 0.05) is 23.8 Å². The highest BCUT2D eigenvalue weighted by atomic mass is 35.5. The van der Waals surface area contributed by atoms with Crippen molar-refractivity contribution in [1.82, 2.24) is 0 Å². The molecule has 0 aliphatic heterocycles. The lowest BCUT2D eigenvalue weighted by Crippen LogP contribution is -2.01. The number of nitrogens with zero attached hydrogens (tertiary/aromatic N) is 1. The highest BCUT2D eigenvalue weighted by Gasteiger charge is 2.14. The van der Waals surface area contributed by atoms with Gasteiger partial charge in [-0.05, 0) is 30.2 Å². The van der Waals surface area contributed by atoms with E-state index in [9.17, 15) is 14.9 Å². The molecule has 2 aromatic carbocycles. The Bertz CT molecular complexity index is 978. The highest BCUT2D eigenvalue weighted by molar-refractivity contribution is 6.33. The van der Waals surface area contributed by atoms with E-state index < -0.39 is 4.92 Å². The van der Waals surface area contributed by atoms with Gasteiger partial charge in [-0.3, -0.25) is 14.9 Å². The first kappa shape index (κ1) is 15.2.